The Bertz CT molecular complexity index is 614. The van der Waals surface area contributed by atoms with E-state index in [2.05, 4.69) is 6.92 Å². The van der Waals surface area contributed by atoms with Crippen LogP contribution in [0.3, 0.4) is 0 Å². The molecule has 2 rings (SSSR count). The highest BCUT2D eigenvalue weighted by Gasteiger charge is 2.12. The van der Waals surface area contributed by atoms with Gasteiger partial charge in [0.2, 0.25) is 0 Å². The van der Waals surface area contributed by atoms with Gasteiger partial charge in [-0.25, -0.2) is 4.79 Å². The van der Waals surface area contributed by atoms with Gasteiger partial charge in [0.1, 0.15) is 0 Å². The van der Waals surface area contributed by atoms with Crippen LogP contribution in [0.15, 0.2) is 27.4 Å². The van der Waals surface area contributed by atoms with Crippen molar-refractivity contribution in [2.45, 2.75) is 57.9 Å². The molecule has 0 spiro atoms. The lowest BCUT2D eigenvalue weighted by Crippen LogP contribution is -2.11. The molecule has 110 valence electrons. The van der Waals surface area contributed by atoms with Gasteiger partial charge in [-0.15, -0.1) is 11.6 Å². The number of aryl methyl sites for hydroxylation is 1. The topological polar surface area (TPSA) is 35.1 Å². The van der Waals surface area contributed by atoms with Crippen molar-refractivity contribution in [2.24, 2.45) is 0 Å². The third kappa shape index (κ3) is 3.26. The lowest BCUT2D eigenvalue weighted by atomic mass is 10.0. The quantitative estimate of drug-likeness (QED) is 0.540. The SMILES string of the molecule is CCCCCCC(Cl)c1ccc2c(c1)oc(=O)n2CC. The van der Waals surface area contributed by atoms with E-state index in [0.717, 1.165) is 23.9 Å². The Morgan fingerprint density at radius 3 is 2.75 bits per heavy atom. The molecule has 0 amide bonds. The Hall–Kier alpha value is -1.22. The molecule has 1 atom stereocenters. The number of rotatable bonds is 7. The van der Waals surface area contributed by atoms with E-state index in [-0.39, 0.29) is 11.1 Å². The molecular formula is C16H22ClNO2. The third-order valence-electron chi connectivity index (χ3n) is 3.68. The zero-order valence-corrected chi connectivity index (χ0v) is 12.9. The average Bonchev–Trinajstić information content (AvgIpc) is 2.77. The minimum Gasteiger partial charge on any atom is -0.408 e. The van der Waals surface area contributed by atoms with Gasteiger partial charge in [0.05, 0.1) is 10.9 Å². The molecule has 0 aliphatic rings. The molecule has 4 heteroatoms. The number of unbranched alkanes of at least 4 members (excludes halogenated alkanes) is 3. The van der Waals surface area contributed by atoms with Gasteiger partial charge in [-0.05, 0) is 31.0 Å². The van der Waals surface area contributed by atoms with Gasteiger partial charge >= 0.3 is 5.76 Å². The highest BCUT2D eigenvalue weighted by molar-refractivity contribution is 6.20. The number of hydrogen-bond donors (Lipinski definition) is 0. The van der Waals surface area contributed by atoms with Crippen molar-refractivity contribution in [2.75, 3.05) is 0 Å². The largest absolute Gasteiger partial charge is 0.419 e. The third-order valence-corrected chi connectivity index (χ3v) is 4.15. The van der Waals surface area contributed by atoms with E-state index >= 15 is 0 Å². The van der Waals surface area contributed by atoms with E-state index < -0.39 is 0 Å². The molecule has 0 aliphatic carbocycles. The first-order valence-electron chi connectivity index (χ1n) is 7.44. The molecule has 0 fully saturated rings. The molecule has 3 nitrogen and oxygen atoms in total. The fraction of sp³-hybridized carbons (Fsp3) is 0.562. The van der Waals surface area contributed by atoms with Crippen LogP contribution in [0.5, 0.6) is 0 Å². The van der Waals surface area contributed by atoms with Crippen molar-refractivity contribution in [1.82, 2.24) is 4.57 Å². The van der Waals surface area contributed by atoms with Crippen LogP contribution in [-0.4, -0.2) is 4.57 Å². The van der Waals surface area contributed by atoms with Gasteiger partial charge < -0.3 is 4.42 Å². The zero-order valence-electron chi connectivity index (χ0n) is 12.2. The average molecular weight is 296 g/mol. The van der Waals surface area contributed by atoms with Crippen LogP contribution in [0.25, 0.3) is 11.1 Å². The molecule has 0 N–H and O–H groups in total. The van der Waals surface area contributed by atoms with Gasteiger partial charge in [-0.1, -0.05) is 38.7 Å². The van der Waals surface area contributed by atoms with Crippen LogP contribution in [0.1, 0.15) is 56.9 Å². The van der Waals surface area contributed by atoms with Gasteiger partial charge in [0.15, 0.2) is 5.58 Å². The summed E-state index contributed by atoms with van der Waals surface area (Å²) in [5.74, 6) is -0.297. The summed E-state index contributed by atoms with van der Waals surface area (Å²) in [4.78, 5) is 11.7. The number of hydrogen-bond acceptors (Lipinski definition) is 2. The number of halogens is 1. The summed E-state index contributed by atoms with van der Waals surface area (Å²) in [6.45, 7) is 4.75. The lowest BCUT2D eigenvalue weighted by molar-refractivity contribution is 0.513. The van der Waals surface area contributed by atoms with E-state index in [9.17, 15) is 4.79 Å². The molecule has 1 aromatic carbocycles. The Balaban J connectivity index is 2.13. The normalized spacial score (nSPS) is 12.9. The molecule has 1 unspecified atom stereocenters. The van der Waals surface area contributed by atoms with Crippen molar-refractivity contribution < 1.29 is 4.42 Å². The fourth-order valence-electron chi connectivity index (χ4n) is 2.49. The Morgan fingerprint density at radius 1 is 1.25 bits per heavy atom. The van der Waals surface area contributed by atoms with Crippen LogP contribution in [0.4, 0.5) is 0 Å². The summed E-state index contributed by atoms with van der Waals surface area (Å²) in [6, 6.07) is 5.84. The summed E-state index contributed by atoms with van der Waals surface area (Å²) in [5.41, 5.74) is 2.51. The highest BCUT2D eigenvalue weighted by Crippen LogP contribution is 2.29. The maximum atomic E-state index is 11.7. The van der Waals surface area contributed by atoms with Crippen LogP contribution in [-0.2, 0) is 6.54 Å². The molecule has 0 aliphatic heterocycles. The monoisotopic (exact) mass is 295 g/mol. The fourth-order valence-corrected chi connectivity index (χ4v) is 2.78. The second-order valence-corrected chi connectivity index (χ2v) is 5.68. The minimum atomic E-state index is -0.297. The van der Waals surface area contributed by atoms with Crippen molar-refractivity contribution >= 4 is 22.7 Å². The number of nitrogens with zero attached hydrogens (tertiary/aromatic N) is 1. The second kappa shape index (κ2) is 6.98. The second-order valence-electron chi connectivity index (χ2n) is 5.16. The summed E-state index contributed by atoms with van der Waals surface area (Å²) >= 11 is 6.44. The van der Waals surface area contributed by atoms with E-state index in [4.69, 9.17) is 16.0 Å². The number of benzene rings is 1. The van der Waals surface area contributed by atoms with Gasteiger partial charge in [0.25, 0.3) is 0 Å². The summed E-state index contributed by atoms with van der Waals surface area (Å²) in [6.07, 6.45) is 5.82. The molecule has 0 saturated heterocycles. The van der Waals surface area contributed by atoms with Gasteiger partial charge in [-0.2, -0.15) is 0 Å². The first-order chi connectivity index (χ1) is 9.67. The maximum absolute atomic E-state index is 11.7. The molecule has 1 heterocycles. The molecule has 20 heavy (non-hydrogen) atoms. The molecule has 0 radical (unpaired) electrons. The first-order valence-corrected chi connectivity index (χ1v) is 7.88. The zero-order chi connectivity index (χ0) is 14.5. The molecule has 0 saturated carbocycles. The Kier molecular flexibility index (Phi) is 5.30. The number of alkyl halides is 1. The predicted octanol–water partition coefficient (Wildman–Crippen LogP) is 4.86. The van der Waals surface area contributed by atoms with E-state index in [0.29, 0.717) is 12.1 Å². The molecular weight excluding hydrogens is 274 g/mol. The van der Waals surface area contributed by atoms with E-state index in [1.54, 1.807) is 4.57 Å². The maximum Gasteiger partial charge on any atom is 0.419 e. The Morgan fingerprint density at radius 2 is 2.05 bits per heavy atom. The van der Waals surface area contributed by atoms with Crippen LogP contribution in [0, 0.1) is 0 Å². The lowest BCUT2D eigenvalue weighted by Gasteiger charge is -2.09. The standard InChI is InChI=1S/C16H22ClNO2/c1-3-5-6-7-8-13(17)12-9-10-14-15(11-12)20-16(19)18(14)4-2/h9-11,13H,3-8H2,1-2H3. The van der Waals surface area contributed by atoms with E-state index in [1.807, 2.05) is 25.1 Å². The molecule has 2 aromatic rings. The van der Waals surface area contributed by atoms with E-state index in [1.165, 1.54) is 19.3 Å². The van der Waals surface area contributed by atoms with Crippen LogP contribution < -0.4 is 5.76 Å². The van der Waals surface area contributed by atoms with Gasteiger partial charge in [0, 0.05) is 6.54 Å². The van der Waals surface area contributed by atoms with Gasteiger partial charge in [-0.3, -0.25) is 4.57 Å². The summed E-state index contributed by atoms with van der Waals surface area (Å²) in [5, 5.41) is -0.00784. The highest BCUT2D eigenvalue weighted by atomic mass is 35.5. The summed E-state index contributed by atoms with van der Waals surface area (Å²) in [7, 11) is 0. The molecule has 0 bridgehead atoms. The van der Waals surface area contributed by atoms with Crippen LogP contribution >= 0.6 is 11.6 Å². The number of oxazole rings is 1. The minimum absolute atomic E-state index is 0.00784. The van der Waals surface area contributed by atoms with Crippen molar-refractivity contribution in [1.29, 1.82) is 0 Å². The first kappa shape index (κ1) is 15.2. The van der Waals surface area contributed by atoms with Crippen molar-refractivity contribution in [3.05, 3.63) is 34.3 Å². The Labute approximate surface area is 124 Å². The van der Waals surface area contributed by atoms with Crippen molar-refractivity contribution in [3.63, 3.8) is 0 Å². The predicted molar refractivity (Wildman–Crippen MR) is 83.5 cm³/mol. The smallest absolute Gasteiger partial charge is 0.408 e. The number of fused-ring (bicyclic) bond motifs is 1. The van der Waals surface area contributed by atoms with Crippen molar-refractivity contribution in [3.8, 4) is 0 Å². The molecule has 1 aromatic heterocycles. The number of aromatic nitrogens is 1. The van der Waals surface area contributed by atoms with Crippen LogP contribution in [0.2, 0.25) is 0 Å². The summed E-state index contributed by atoms with van der Waals surface area (Å²) < 4.78 is 6.90.